The fourth-order valence-electron chi connectivity index (χ4n) is 4.41. The summed E-state index contributed by atoms with van der Waals surface area (Å²) in [5.41, 5.74) is 13.4. The van der Waals surface area contributed by atoms with Crippen LogP contribution >= 0.6 is 0 Å². The Balaban J connectivity index is 0.000000389. The number of ether oxygens (including phenoxy) is 2. The van der Waals surface area contributed by atoms with Crippen molar-refractivity contribution in [2.75, 3.05) is 12.3 Å². The number of benzene rings is 3. The third-order valence-electron chi connectivity index (χ3n) is 6.21. The van der Waals surface area contributed by atoms with E-state index in [1.54, 1.807) is 0 Å². The topological polar surface area (TPSA) is 123 Å². The highest BCUT2D eigenvalue weighted by molar-refractivity contribution is 5.85. The van der Waals surface area contributed by atoms with Crippen LogP contribution in [0.25, 0.3) is 11.1 Å². The first kappa shape index (κ1) is 32.1. The Hall–Kier alpha value is -4.15. The van der Waals surface area contributed by atoms with E-state index in [-0.39, 0.29) is 0 Å². The third kappa shape index (κ3) is 8.69. The molecule has 1 heterocycles. The molecule has 1 aliphatic rings. The molecular formula is C33H40N2O5. The smallest absolute Gasteiger partial charge is 0.337 e. The van der Waals surface area contributed by atoms with Crippen molar-refractivity contribution in [2.24, 2.45) is 0 Å². The number of aryl methyl sites for hydroxylation is 3. The monoisotopic (exact) mass is 544 g/mol. The Morgan fingerprint density at radius 3 is 2.30 bits per heavy atom. The molecule has 1 unspecified atom stereocenters. The molecular weight excluding hydrogens is 504 g/mol. The van der Waals surface area contributed by atoms with Crippen LogP contribution in [0.15, 0.2) is 48.5 Å². The lowest BCUT2D eigenvalue weighted by atomic mass is 9.86. The number of aliphatic carboxylic acids is 1. The van der Waals surface area contributed by atoms with Crippen LogP contribution in [0.5, 0.6) is 5.75 Å². The summed E-state index contributed by atoms with van der Waals surface area (Å²) >= 11 is 0. The van der Waals surface area contributed by atoms with Crippen LogP contribution in [0.2, 0.25) is 0 Å². The van der Waals surface area contributed by atoms with Gasteiger partial charge in [-0.1, -0.05) is 23.8 Å². The second-order valence-corrected chi connectivity index (χ2v) is 10.6. The molecule has 1 atom stereocenters. The lowest BCUT2D eigenvalue weighted by Crippen LogP contribution is -2.28. The van der Waals surface area contributed by atoms with Gasteiger partial charge in [0.1, 0.15) is 12.0 Å². The fourth-order valence-corrected chi connectivity index (χ4v) is 4.41. The summed E-state index contributed by atoms with van der Waals surface area (Å²) in [4.78, 5) is 21.0. The molecule has 0 saturated heterocycles. The third-order valence-corrected chi connectivity index (χ3v) is 6.21. The first-order chi connectivity index (χ1) is 18.8. The number of rotatable bonds is 4. The maximum absolute atomic E-state index is 12.2. The van der Waals surface area contributed by atoms with E-state index in [0.717, 1.165) is 64.9 Å². The van der Waals surface area contributed by atoms with Crippen molar-refractivity contribution in [3.63, 3.8) is 0 Å². The quantitative estimate of drug-likeness (QED) is 0.271. The molecule has 3 N–H and O–H groups in total. The van der Waals surface area contributed by atoms with E-state index in [9.17, 15) is 9.90 Å². The van der Waals surface area contributed by atoms with Gasteiger partial charge in [0.15, 0.2) is 6.10 Å². The van der Waals surface area contributed by atoms with E-state index < -0.39 is 17.7 Å². The van der Waals surface area contributed by atoms with Gasteiger partial charge in [0.05, 0.1) is 23.8 Å². The van der Waals surface area contributed by atoms with Crippen LogP contribution in [-0.4, -0.2) is 29.6 Å². The Bertz CT molecular complexity index is 1370. The van der Waals surface area contributed by atoms with Crippen molar-refractivity contribution >= 4 is 17.9 Å². The standard InChI is InChI=1S/C23H29NO4.C8H7N.C2H4O/c1-13-11-17(24)14(2)20(21(22(25)26)28-23(3,4)5)19(13)16-8-9-18-15(12-16)7-6-10-27-18;1-7-2-4-8(6-9)5-3-7;1-2-3/h8-9,11-12,21H,6-7,10,24H2,1-5H3,(H,25,26);2-5H,1H3;2H,1H3. The molecule has 212 valence electrons. The molecule has 3 aromatic rings. The maximum Gasteiger partial charge on any atom is 0.337 e. The largest absolute Gasteiger partial charge is 0.493 e. The van der Waals surface area contributed by atoms with Gasteiger partial charge in [0.25, 0.3) is 0 Å². The summed E-state index contributed by atoms with van der Waals surface area (Å²) in [7, 11) is 0. The number of nitriles is 1. The molecule has 7 heteroatoms. The fraction of sp³-hybridized carbons (Fsp3) is 0.364. The van der Waals surface area contributed by atoms with Gasteiger partial charge in [0.2, 0.25) is 0 Å². The average molecular weight is 545 g/mol. The Morgan fingerprint density at radius 1 is 1.12 bits per heavy atom. The minimum absolute atomic E-state index is 0.571. The number of anilines is 1. The van der Waals surface area contributed by atoms with Gasteiger partial charge in [-0.25, -0.2) is 4.79 Å². The van der Waals surface area contributed by atoms with Crippen molar-refractivity contribution in [2.45, 2.75) is 73.0 Å². The number of aldehydes is 1. The van der Waals surface area contributed by atoms with Crippen molar-refractivity contribution in [1.29, 1.82) is 5.26 Å². The van der Waals surface area contributed by atoms with Gasteiger partial charge >= 0.3 is 5.97 Å². The van der Waals surface area contributed by atoms with E-state index in [1.165, 1.54) is 12.5 Å². The predicted molar refractivity (Wildman–Crippen MR) is 158 cm³/mol. The number of hydrogen-bond acceptors (Lipinski definition) is 6. The Labute approximate surface area is 237 Å². The van der Waals surface area contributed by atoms with Gasteiger partial charge in [-0.2, -0.15) is 5.26 Å². The van der Waals surface area contributed by atoms with Gasteiger partial charge in [0, 0.05) is 11.3 Å². The first-order valence-electron chi connectivity index (χ1n) is 13.3. The summed E-state index contributed by atoms with van der Waals surface area (Å²) in [5.74, 6) is -0.118. The molecule has 0 amide bonds. The molecule has 0 spiro atoms. The molecule has 0 fully saturated rings. The number of carbonyl (C=O) groups excluding carboxylic acids is 1. The molecule has 0 radical (unpaired) electrons. The van der Waals surface area contributed by atoms with Gasteiger partial charge in [-0.05, 0) is 119 Å². The minimum Gasteiger partial charge on any atom is -0.493 e. The zero-order valence-corrected chi connectivity index (χ0v) is 24.5. The van der Waals surface area contributed by atoms with Crippen LogP contribution in [0, 0.1) is 32.1 Å². The van der Waals surface area contributed by atoms with E-state index in [2.05, 4.69) is 12.1 Å². The van der Waals surface area contributed by atoms with Crippen molar-refractivity contribution < 1.29 is 24.2 Å². The van der Waals surface area contributed by atoms with Crippen LogP contribution in [0.1, 0.15) is 73.6 Å². The van der Waals surface area contributed by atoms with Crippen molar-refractivity contribution in [3.8, 4) is 22.9 Å². The molecule has 0 aromatic heterocycles. The molecule has 0 aliphatic carbocycles. The summed E-state index contributed by atoms with van der Waals surface area (Å²) in [6.07, 6.45) is 1.57. The molecule has 0 bridgehead atoms. The number of nitrogen functional groups attached to an aromatic ring is 1. The highest BCUT2D eigenvalue weighted by Crippen LogP contribution is 2.41. The zero-order chi connectivity index (χ0) is 30.0. The number of hydrogen-bond donors (Lipinski definition) is 2. The number of carbonyl (C=O) groups is 2. The Morgan fingerprint density at radius 2 is 1.75 bits per heavy atom. The second kappa shape index (κ2) is 14.3. The number of nitrogens with zero attached hydrogens (tertiary/aromatic N) is 1. The van der Waals surface area contributed by atoms with Crippen molar-refractivity contribution in [3.05, 3.63) is 81.9 Å². The van der Waals surface area contributed by atoms with Crippen LogP contribution in [0.3, 0.4) is 0 Å². The summed E-state index contributed by atoms with van der Waals surface area (Å²) in [5, 5.41) is 18.4. The van der Waals surface area contributed by atoms with E-state index in [1.807, 2.05) is 84.0 Å². The number of carboxylic acid groups (broad SMARTS) is 1. The molecule has 0 saturated carbocycles. The van der Waals surface area contributed by atoms with E-state index in [4.69, 9.17) is 25.3 Å². The van der Waals surface area contributed by atoms with Crippen LogP contribution < -0.4 is 10.5 Å². The lowest BCUT2D eigenvalue weighted by molar-refractivity contribution is -0.160. The molecule has 4 rings (SSSR count). The molecule has 1 aliphatic heterocycles. The summed E-state index contributed by atoms with van der Waals surface area (Å²) in [6.45, 7) is 13.6. The Kier molecular flexibility index (Phi) is 11.5. The number of nitrogens with two attached hydrogens (primary N) is 1. The number of carboxylic acids is 1. The molecule has 40 heavy (non-hydrogen) atoms. The summed E-state index contributed by atoms with van der Waals surface area (Å²) in [6, 6.07) is 17.5. The number of fused-ring (bicyclic) bond motifs is 1. The first-order valence-corrected chi connectivity index (χ1v) is 13.3. The van der Waals surface area contributed by atoms with Gasteiger partial charge in [-0.15, -0.1) is 0 Å². The van der Waals surface area contributed by atoms with E-state index >= 15 is 0 Å². The molecule has 7 nitrogen and oxygen atoms in total. The lowest BCUT2D eigenvalue weighted by Gasteiger charge is -2.29. The highest BCUT2D eigenvalue weighted by atomic mass is 16.5. The minimum atomic E-state index is -1.11. The van der Waals surface area contributed by atoms with Crippen LogP contribution in [-0.2, 0) is 20.7 Å². The van der Waals surface area contributed by atoms with Crippen molar-refractivity contribution in [1.82, 2.24) is 0 Å². The maximum atomic E-state index is 12.2. The molecule has 3 aromatic carbocycles. The second-order valence-electron chi connectivity index (χ2n) is 10.6. The van der Waals surface area contributed by atoms with Crippen LogP contribution in [0.4, 0.5) is 5.69 Å². The predicted octanol–water partition coefficient (Wildman–Crippen LogP) is 6.89. The van der Waals surface area contributed by atoms with Gasteiger partial charge in [-0.3, -0.25) is 0 Å². The zero-order valence-electron chi connectivity index (χ0n) is 24.5. The average Bonchev–Trinajstić information content (AvgIpc) is 2.90. The van der Waals surface area contributed by atoms with E-state index in [0.29, 0.717) is 11.3 Å². The normalized spacial score (nSPS) is 12.7. The summed E-state index contributed by atoms with van der Waals surface area (Å²) < 4.78 is 11.7. The highest BCUT2D eigenvalue weighted by Gasteiger charge is 2.32. The van der Waals surface area contributed by atoms with Gasteiger partial charge < -0.3 is 25.1 Å². The SMILES string of the molecule is CC=O.Cc1cc(N)c(C)c(C(OC(C)(C)C)C(=O)O)c1-c1ccc2c(c1)CCCO2.Cc1ccc(C#N)cc1.